The molecule has 0 aromatic carbocycles. The van der Waals surface area contributed by atoms with Gasteiger partial charge < -0.3 is 4.18 Å². The molecule has 0 spiro atoms. The van der Waals surface area contributed by atoms with E-state index in [2.05, 4.69) is 33.7 Å². The summed E-state index contributed by atoms with van der Waals surface area (Å²) in [4.78, 5) is 0. The van der Waals surface area contributed by atoms with Crippen LogP contribution in [-0.4, -0.2) is 5.60 Å². The van der Waals surface area contributed by atoms with E-state index < -0.39 is 0 Å². The minimum Gasteiger partial charge on any atom is -0.312 e. The van der Waals surface area contributed by atoms with Crippen LogP contribution in [0.15, 0.2) is 0 Å². The highest BCUT2D eigenvalue weighted by Crippen LogP contribution is 2.55. The van der Waals surface area contributed by atoms with Gasteiger partial charge in [-0.25, -0.2) is 0 Å². The first-order valence-electron chi connectivity index (χ1n) is 5.42. The highest BCUT2D eigenvalue weighted by molar-refractivity contribution is 7.75. The summed E-state index contributed by atoms with van der Waals surface area (Å²) in [5.74, 6) is 3.17. The van der Waals surface area contributed by atoms with Crippen LogP contribution >= 0.6 is 12.9 Å². The van der Waals surface area contributed by atoms with Crippen LogP contribution in [0.25, 0.3) is 0 Å². The lowest BCUT2D eigenvalue weighted by Gasteiger charge is -2.55. The first-order valence-corrected chi connectivity index (χ1v) is 5.78. The van der Waals surface area contributed by atoms with Crippen LogP contribution in [0.2, 0.25) is 0 Å². The first kappa shape index (κ1) is 9.85. The zero-order valence-corrected chi connectivity index (χ0v) is 9.68. The average Bonchev–Trinajstić information content (AvgIpc) is 2.13. The summed E-state index contributed by atoms with van der Waals surface area (Å²) in [6.07, 6.45) is 4.09. The number of hydrogen-bond donors (Lipinski definition) is 1. The molecule has 0 aromatic rings. The molecule has 3 aliphatic rings. The monoisotopic (exact) mass is 200 g/mol. The third kappa shape index (κ3) is 1.25. The van der Waals surface area contributed by atoms with Crippen molar-refractivity contribution in [2.45, 2.75) is 45.6 Å². The van der Waals surface area contributed by atoms with E-state index in [-0.39, 0.29) is 5.60 Å². The van der Waals surface area contributed by atoms with Gasteiger partial charge in [0, 0.05) is 0 Å². The Morgan fingerprint density at radius 1 is 1.31 bits per heavy atom. The summed E-state index contributed by atoms with van der Waals surface area (Å²) in [5, 5.41) is 0. The molecule has 0 heterocycles. The zero-order valence-electron chi connectivity index (χ0n) is 8.79. The second kappa shape index (κ2) is 3.16. The molecule has 0 radical (unpaired) electrons. The topological polar surface area (TPSA) is 9.23 Å². The molecule has 3 saturated carbocycles. The number of rotatable bonds is 1. The lowest BCUT2D eigenvalue weighted by atomic mass is 9.54. The fourth-order valence-corrected chi connectivity index (χ4v) is 3.95. The summed E-state index contributed by atoms with van der Waals surface area (Å²) in [7, 11) is 0. The molecule has 0 saturated heterocycles. The molecule has 0 aliphatic heterocycles. The van der Waals surface area contributed by atoms with Gasteiger partial charge in [0.05, 0.1) is 5.60 Å². The van der Waals surface area contributed by atoms with Crippen molar-refractivity contribution < 1.29 is 4.18 Å². The molecule has 2 bridgehead atoms. The van der Waals surface area contributed by atoms with Gasteiger partial charge in [-0.2, -0.15) is 0 Å². The maximum Gasteiger partial charge on any atom is 0.0854 e. The van der Waals surface area contributed by atoms with Gasteiger partial charge in [0.2, 0.25) is 0 Å². The lowest BCUT2D eigenvalue weighted by molar-refractivity contribution is -0.121. The normalized spacial score (nSPS) is 55.4. The molecule has 0 aromatic heterocycles. The van der Waals surface area contributed by atoms with Crippen LogP contribution in [0.1, 0.15) is 40.0 Å². The Kier molecular flexibility index (Phi) is 2.40. The van der Waals surface area contributed by atoms with E-state index in [1.807, 2.05) is 0 Å². The number of fused-ring (bicyclic) bond motifs is 3. The predicted molar refractivity (Wildman–Crippen MR) is 57.6 cm³/mol. The van der Waals surface area contributed by atoms with Gasteiger partial charge in [0.1, 0.15) is 0 Å². The maximum absolute atomic E-state index is 5.47. The average molecular weight is 200 g/mol. The van der Waals surface area contributed by atoms with E-state index in [0.717, 1.165) is 17.8 Å². The van der Waals surface area contributed by atoms with Crippen molar-refractivity contribution in [3.05, 3.63) is 0 Å². The van der Waals surface area contributed by atoms with Crippen molar-refractivity contribution in [1.29, 1.82) is 0 Å². The molecule has 3 aliphatic carbocycles. The second-order valence-corrected chi connectivity index (χ2v) is 5.40. The smallest absolute Gasteiger partial charge is 0.0854 e. The van der Waals surface area contributed by atoms with Gasteiger partial charge in [-0.15, -0.1) is 0 Å². The number of thiol groups is 1. The third-order valence-corrected chi connectivity index (χ3v) is 5.18. The Balaban J connectivity index is 2.25. The quantitative estimate of drug-likeness (QED) is 0.505. The minimum absolute atomic E-state index is 0.0402. The Morgan fingerprint density at radius 3 is 2.46 bits per heavy atom. The van der Waals surface area contributed by atoms with Gasteiger partial charge in [-0.05, 0) is 62.8 Å². The highest BCUT2D eigenvalue weighted by Gasteiger charge is 2.52. The summed E-state index contributed by atoms with van der Waals surface area (Å²) >= 11 is 4.07. The van der Waals surface area contributed by atoms with E-state index in [9.17, 15) is 0 Å². The molecule has 0 N–H and O–H groups in total. The van der Waals surface area contributed by atoms with E-state index >= 15 is 0 Å². The molecule has 3 rings (SSSR count). The van der Waals surface area contributed by atoms with Crippen molar-refractivity contribution in [3.8, 4) is 0 Å². The molecule has 1 nitrogen and oxygen atoms in total. The summed E-state index contributed by atoms with van der Waals surface area (Å²) in [6, 6.07) is 0. The Bertz CT molecular complexity index is 202. The van der Waals surface area contributed by atoms with Gasteiger partial charge in [0.15, 0.2) is 0 Å². The molecule has 2 heteroatoms. The van der Waals surface area contributed by atoms with Gasteiger partial charge in [0.25, 0.3) is 0 Å². The number of hydrogen-bond acceptors (Lipinski definition) is 2. The second-order valence-electron chi connectivity index (χ2n) is 5.21. The van der Waals surface area contributed by atoms with Crippen molar-refractivity contribution >= 4 is 12.9 Å². The van der Waals surface area contributed by atoms with E-state index in [1.165, 1.54) is 19.3 Å². The van der Waals surface area contributed by atoms with Crippen molar-refractivity contribution in [2.24, 2.45) is 23.7 Å². The van der Waals surface area contributed by atoms with Gasteiger partial charge in [-0.3, -0.25) is 0 Å². The molecule has 5 unspecified atom stereocenters. The molecule has 13 heavy (non-hydrogen) atoms. The summed E-state index contributed by atoms with van der Waals surface area (Å²) in [5.41, 5.74) is 0.0402. The Labute approximate surface area is 86.9 Å². The fraction of sp³-hybridized carbons (Fsp3) is 1.00. The van der Waals surface area contributed by atoms with Crippen LogP contribution in [-0.2, 0) is 4.18 Å². The van der Waals surface area contributed by atoms with E-state index in [4.69, 9.17) is 4.18 Å². The van der Waals surface area contributed by atoms with Crippen LogP contribution < -0.4 is 0 Å². The first-order chi connectivity index (χ1) is 6.09. The SMILES string of the molecule is CC1CC2CCC1C(C)C2(C)OS. The van der Waals surface area contributed by atoms with Crippen molar-refractivity contribution in [1.82, 2.24) is 0 Å². The molecular weight excluding hydrogens is 180 g/mol. The van der Waals surface area contributed by atoms with Gasteiger partial charge in [-0.1, -0.05) is 13.8 Å². The lowest BCUT2D eigenvalue weighted by Crippen LogP contribution is -2.55. The van der Waals surface area contributed by atoms with E-state index in [1.54, 1.807) is 0 Å². The van der Waals surface area contributed by atoms with Crippen LogP contribution in [0.3, 0.4) is 0 Å². The van der Waals surface area contributed by atoms with E-state index in [0.29, 0.717) is 5.92 Å². The maximum atomic E-state index is 5.47. The molecular formula is C11H20OS. The van der Waals surface area contributed by atoms with Crippen molar-refractivity contribution in [2.75, 3.05) is 0 Å². The van der Waals surface area contributed by atoms with Crippen LogP contribution in [0, 0.1) is 23.7 Å². The Morgan fingerprint density at radius 2 is 2.00 bits per heavy atom. The highest BCUT2D eigenvalue weighted by atomic mass is 32.1. The molecule has 0 amide bonds. The molecule has 3 fully saturated rings. The largest absolute Gasteiger partial charge is 0.312 e. The Hall–Kier alpha value is 0.310. The molecule has 5 atom stereocenters. The standard InChI is InChI=1S/C11H20OS/c1-7-6-9-4-5-10(7)8(2)11(9,3)12-13/h7-10,13H,4-6H2,1-3H3. The van der Waals surface area contributed by atoms with Crippen LogP contribution in [0.5, 0.6) is 0 Å². The zero-order chi connectivity index (χ0) is 9.64. The van der Waals surface area contributed by atoms with Gasteiger partial charge >= 0.3 is 0 Å². The van der Waals surface area contributed by atoms with Crippen LogP contribution in [0.4, 0.5) is 0 Å². The predicted octanol–water partition coefficient (Wildman–Crippen LogP) is 3.31. The third-order valence-electron chi connectivity index (χ3n) is 4.79. The minimum atomic E-state index is 0.0402. The summed E-state index contributed by atoms with van der Waals surface area (Å²) < 4.78 is 5.47. The fourth-order valence-electron chi connectivity index (χ4n) is 3.64. The molecule has 76 valence electrons. The van der Waals surface area contributed by atoms with Crippen molar-refractivity contribution in [3.63, 3.8) is 0 Å². The summed E-state index contributed by atoms with van der Waals surface area (Å²) in [6.45, 7) is 6.97.